The second kappa shape index (κ2) is 4.18. The lowest BCUT2D eigenvalue weighted by atomic mass is 10.3. The molecule has 72 valence electrons. The highest BCUT2D eigenvalue weighted by Crippen LogP contribution is 2.19. The van der Waals surface area contributed by atoms with Crippen LogP contribution in [0.3, 0.4) is 0 Å². The summed E-state index contributed by atoms with van der Waals surface area (Å²) in [7, 11) is 0. The summed E-state index contributed by atoms with van der Waals surface area (Å²) in [5.74, 6) is -0.552. The van der Waals surface area contributed by atoms with Crippen LogP contribution in [0.4, 0.5) is 0 Å². The first-order valence-corrected chi connectivity index (χ1v) is 4.30. The summed E-state index contributed by atoms with van der Waals surface area (Å²) < 4.78 is 5.25. The number of likely N-dealkylation sites (tertiary alicyclic amines) is 1. The molecule has 1 atom stereocenters. The molecular weight excluding hydrogens is 170 g/mol. The molecule has 1 fully saturated rings. The summed E-state index contributed by atoms with van der Waals surface area (Å²) in [6, 6.07) is 0. The molecule has 1 saturated heterocycles. The Balaban J connectivity index is 2.70. The predicted molar refractivity (Wildman–Crippen MR) is 46.7 cm³/mol. The zero-order valence-corrected chi connectivity index (χ0v) is 7.66. The first kappa shape index (κ1) is 9.92. The average molecular weight is 183 g/mol. The van der Waals surface area contributed by atoms with Crippen LogP contribution in [-0.2, 0) is 14.3 Å². The number of hydrogen-bond donors (Lipinski definition) is 0. The molecule has 1 unspecified atom stereocenters. The first-order valence-electron chi connectivity index (χ1n) is 4.30. The average Bonchev–Trinajstić information content (AvgIpc) is 2.47. The van der Waals surface area contributed by atoms with E-state index in [0.29, 0.717) is 19.4 Å². The van der Waals surface area contributed by atoms with Gasteiger partial charge in [-0.15, -0.1) is 0 Å². The van der Waals surface area contributed by atoms with Crippen LogP contribution in [0.2, 0.25) is 0 Å². The molecule has 4 nitrogen and oxygen atoms in total. The van der Waals surface area contributed by atoms with Gasteiger partial charge in [-0.2, -0.15) is 0 Å². The molecule has 0 N–H and O–H groups in total. The summed E-state index contributed by atoms with van der Waals surface area (Å²) in [5, 5.41) is 0. The van der Waals surface area contributed by atoms with E-state index in [0.717, 1.165) is 11.0 Å². The number of carbonyl (C=O) groups excluding carboxylic acids is 2. The third-order valence-electron chi connectivity index (χ3n) is 1.93. The number of hydrogen-bond acceptors (Lipinski definition) is 3. The van der Waals surface area contributed by atoms with Crippen LogP contribution in [0.25, 0.3) is 0 Å². The largest absolute Gasteiger partial charge is 0.358 e. The maximum Gasteiger partial charge on any atom is 0.254 e. The fraction of sp³-hybridized carbons (Fsp3) is 0.556. The van der Waals surface area contributed by atoms with Crippen LogP contribution in [0.15, 0.2) is 12.7 Å². The SMILES string of the molecule is C=CC(=O)N1C(=O)CCC1OCC. The van der Waals surface area contributed by atoms with Crippen molar-refractivity contribution in [1.82, 2.24) is 4.90 Å². The normalized spacial score (nSPS) is 22.1. The number of rotatable bonds is 3. The Morgan fingerprint density at radius 3 is 3.08 bits per heavy atom. The maximum atomic E-state index is 11.2. The van der Waals surface area contributed by atoms with Crippen molar-refractivity contribution in [3.05, 3.63) is 12.7 Å². The lowest BCUT2D eigenvalue weighted by Gasteiger charge is -2.20. The van der Waals surface area contributed by atoms with Crippen LogP contribution in [0.5, 0.6) is 0 Å². The highest BCUT2D eigenvalue weighted by molar-refractivity contribution is 6.01. The van der Waals surface area contributed by atoms with Gasteiger partial charge in [-0.05, 0) is 13.0 Å². The number of carbonyl (C=O) groups is 2. The molecule has 0 aromatic heterocycles. The molecule has 0 aromatic rings. The van der Waals surface area contributed by atoms with Gasteiger partial charge in [0.25, 0.3) is 5.91 Å². The first-order chi connectivity index (χ1) is 6.20. The van der Waals surface area contributed by atoms with Crippen molar-refractivity contribution >= 4 is 11.8 Å². The Bertz CT molecular complexity index is 237. The Kier molecular flexibility index (Phi) is 3.19. The minimum absolute atomic E-state index is 0.177. The molecule has 1 aliphatic rings. The number of ether oxygens (including phenoxy) is 1. The van der Waals surface area contributed by atoms with Gasteiger partial charge in [0.15, 0.2) is 0 Å². The minimum Gasteiger partial charge on any atom is -0.358 e. The van der Waals surface area contributed by atoms with Crippen LogP contribution in [0, 0.1) is 0 Å². The molecule has 0 aromatic carbocycles. The number of nitrogens with zero attached hydrogens (tertiary/aromatic N) is 1. The van der Waals surface area contributed by atoms with Gasteiger partial charge in [0.2, 0.25) is 5.91 Å². The lowest BCUT2D eigenvalue weighted by Crippen LogP contribution is -2.38. The molecular formula is C9H13NO3. The van der Waals surface area contributed by atoms with E-state index in [4.69, 9.17) is 4.74 Å². The van der Waals surface area contributed by atoms with Gasteiger partial charge in [0, 0.05) is 19.4 Å². The van der Waals surface area contributed by atoms with Gasteiger partial charge in [0.05, 0.1) is 0 Å². The van der Waals surface area contributed by atoms with Gasteiger partial charge in [-0.3, -0.25) is 14.5 Å². The molecule has 0 bridgehead atoms. The smallest absolute Gasteiger partial charge is 0.254 e. The van der Waals surface area contributed by atoms with Crippen molar-refractivity contribution in [2.45, 2.75) is 26.0 Å². The molecule has 1 rings (SSSR count). The summed E-state index contributed by atoms with van der Waals surface area (Å²) in [6.07, 6.45) is 1.72. The molecule has 2 amide bonds. The lowest BCUT2D eigenvalue weighted by molar-refractivity contribution is -0.149. The zero-order chi connectivity index (χ0) is 9.84. The highest BCUT2D eigenvalue weighted by Gasteiger charge is 2.34. The van der Waals surface area contributed by atoms with E-state index in [1.165, 1.54) is 0 Å². The molecule has 13 heavy (non-hydrogen) atoms. The summed E-state index contributed by atoms with van der Waals surface area (Å²) in [6.45, 7) is 5.67. The van der Waals surface area contributed by atoms with Crippen molar-refractivity contribution in [3.8, 4) is 0 Å². The minimum atomic E-state index is -0.386. The van der Waals surface area contributed by atoms with E-state index < -0.39 is 0 Å². The van der Waals surface area contributed by atoms with Gasteiger partial charge >= 0.3 is 0 Å². The van der Waals surface area contributed by atoms with Crippen molar-refractivity contribution < 1.29 is 14.3 Å². The summed E-state index contributed by atoms with van der Waals surface area (Å²) in [5.41, 5.74) is 0. The van der Waals surface area contributed by atoms with Crippen molar-refractivity contribution in [1.29, 1.82) is 0 Å². The highest BCUT2D eigenvalue weighted by atomic mass is 16.5. The molecule has 0 spiro atoms. The predicted octanol–water partition coefficient (Wildman–Crippen LogP) is 0.684. The zero-order valence-electron chi connectivity index (χ0n) is 7.66. The van der Waals surface area contributed by atoms with E-state index in [1.807, 2.05) is 6.92 Å². The van der Waals surface area contributed by atoms with Gasteiger partial charge < -0.3 is 4.74 Å². The monoisotopic (exact) mass is 183 g/mol. The van der Waals surface area contributed by atoms with Gasteiger partial charge in [0.1, 0.15) is 6.23 Å². The van der Waals surface area contributed by atoms with E-state index in [1.54, 1.807) is 0 Å². The molecule has 4 heteroatoms. The van der Waals surface area contributed by atoms with Crippen LogP contribution in [-0.4, -0.2) is 29.5 Å². The second-order valence-corrected chi connectivity index (χ2v) is 2.75. The topological polar surface area (TPSA) is 46.6 Å². The van der Waals surface area contributed by atoms with Crippen molar-refractivity contribution in [2.24, 2.45) is 0 Å². The number of imide groups is 1. The van der Waals surface area contributed by atoms with Gasteiger partial charge in [-0.25, -0.2) is 0 Å². The van der Waals surface area contributed by atoms with E-state index in [9.17, 15) is 9.59 Å². The quantitative estimate of drug-likeness (QED) is 0.604. The molecule has 0 radical (unpaired) electrons. The summed E-state index contributed by atoms with van der Waals surface area (Å²) in [4.78, 5) is 23.6. The summed E-state index contributed by atoms with van der Waals surface area (Å²) >= 11 is 0. The Labute approximate surface area is 77.2 Å². The van der Waals surface area contributed by atoms with E-state index >= 15 is 0 Å². The standard InChI is InChI=1S/C9H13NO3/c1-3-7(11)10-8(12)5-6-9(10)13-4-2/h3,9H,1,4-6H2,2H3. The van der Waals surface area contributed by atoms with Crippen molar-refractivity contribution in [2.75, 3.05) is 6.61 Å². The Morgan fingerprint density at radius 1 is 1.85 bits per heavy atom. The fourth-order valence-electron chi connectivity index (χ4n) is 1.37. The molecule has 1 heterocycles. The van der Waals surface area contributed by atoms with E-state index in [2.05, 4.69) is 6.58 Å². The molecule has 0 saturated carbocycles. The maximum absolute atomic E-state index is 11.2. The van der Waals surface area contributed by atoms with Crippen LogP contribution in [0.1, 0.15) is 19.8 Å². The second-order valence-electron chi connectivity index (χ2n) is 2.75. The van der Waals surface area contributed by atoms with Crippen molar-refractivity contribution in [3.63, 3.8) is 0 Å². The third kappa shape index (κ3) is 1.95. The Hall–Kier alpha value is -1.16. The van der Waals surface area contributed by atoms with E-state index in [-0.39, 0.29) is 18.0 Å². The fourth-order valence-corrected chi connectivity index (χ4v) is 1.37. The van der Waals surface area contributed by atoms with Gasteiger partial charge in [-0.1, -0.05) is 6.58 Å². The Morgan fingerprint density at radius 2 is 2.54 bits per heavy atom. The molecule has 1 aliphatic heterocycles. The molecule has 0 aliphatic carbocycles. The van der Waals surface area contributed by atoms with Crippen LogP contribution >= 0.6 is 0 Å². The van der Waals surface area contributed by atoms with Crippen LogP contribution < -0.4 is 0 Å². The number of amides is 2. The third-order valence-corrected chi connectivity index (χ3v) is 1.93.